The van der Waals surface area contributed by atoms with E-state index in [1.54, 1.807) is 24.3 Å². The minimum Gasteiger partial charge on any atom is -0.478 e. The van der Waals surface area contributed by atoms with Crippen molar-refractivity contribution in [2.45, 2.75) is 40.0 Å². The van der Waals surface area contributed by atoms with Crippen molar-refractivity contribution in [3.8, 4) is 0 Å². The van der Waals surface area contributed by atoms with E-state index in [1.807, 2.05) is 6.07 Å². The van der Waals surface area contributed by atoms with Gasteiger partial charge in [0.1, 0.15) is 5.00 Å². The minimum atomic E-state index is -0.963. The van der Waals surface area contributed by atoms with E-state index < -0.39 is 5.97 Å². The number of thiophene rings is 1. The van der Waals surface area contributed by atoms with Gasteiger partial charge in [0.15, 0.2) is 0 Å². The Kier molecular flexibility index (Phi) is 4.69. The fourth-order valence-corrected chi connectivity index (χ4v) is 4.72. The number of hydrogen-bond acceptors (Lipinski definition) is 3. The van der Waals surface area contributed by atoms with Gasteiger partial charge in [-0.15, -0.1) is 11.3 Å². The lowest BCUT2D eigenvalue weighted by Crippen LogP contribution is -2.26. The normalized spacial score (nSPS) is 17.0. The van der Waals surface area contributed by atoms with Crippen LogP contribution in [0.25, 0.3) is 0 Å². The summed E-state index contributed by atoms with van der Waals surface area (Å²) in [6, 6.07) is 8.87. The summed E-state index contributed by atoms with van der Waals surface area (Å²) in [5, 5.41) is 13.0. The lowest BCUT2D eigenvalue weighted by molar-refractivity contribution is 0.0696. The summed E-state index contributed by atoms with van der Waals surface area (Å²) in [6.07, 6.45) is 2.63. The maximum Gasteiger partial charge on any atom is 0.339 e. The largest absolute Gasteiger partial charge is 0.478 e. The highest BCUT2D eigenvalue weighted by Gasteiger charge is 2.34. The van der Waals surface area contributed by atoms with Crippen LogP contribution in [-0.4, -0.2) is 17.0 Å². The lowest BCUT2D eigenvalue weighted by atomic mass is 9.72. The van der Waals surface area contributed by atoms with Gasteiger partial charge in [-0.1, -0.05) is 39.0 Å². The zero-order valence-corrected chi connectivity index (χ0v) is 15.6. The van der Waals surface area contributed by atoms with Crippen LogP contribution in [0.15, 0.2) is 30.3 Å². The Hall–Kier alpha value is -2.14. The molecule has 1 aromatic heterocycles. The van der Waals surface area contributed by atoms with Gasteiger partial charge in [0.25, 0.3) is 5.91 Å². The molecule has 0 saturated carbocycles. The number of carbonyl (C=O) groups excluding carboxylic acids is 1. The van der Waals surface area contributed by atoms with E-state index in [0.717, 1.165) is 29.7 Å². The molecule has 1 aromatic carbocycles. The molecule has 4 nitrogen and oxygen atoms in total. The van der Waals surface area contributed by atoms with Crippen LogP contribution in [0.1, 0.15) is 58.3 Å². The van der Waals surface area contributed by atoms with Crippen molar-refractivity contribution < 1.29 is 14.7 Å². The monoisotopic (exact) mass is 357 g/mol. The molecule has 1 atom stereocenters. The highest BCUT2D eigenvalue weighted by molar-refractivity contribution is 7.17. The van der Waals surface area contributed by atoms with Gasteiger partial charge in [-0.2, -0.15) is 0 Å². The molecule has 1 aliphatic rings. The molecule has 1 amide bonds. The second kappa shape index (κ2) is 6.64. The van der Waals surface area contributed by atoms with Crippen molar-refractivity contribution in [2.75, 3.05) is 5.32 Å². The Labute approximate surface area is 151 Å². The number of carboxylic acids is 1. The SMILES string of the molecule is CC(C)(C)C1CCc2c(sc(NC(=O)c3ccccc3)c2C(=O)O)C1. The van der Waals surface area contributed by atoms with Crippen LogP contribution in [0, 0.1) is 11.3 Å². The minimum absolute atomic E-state index is 0.193. The highest BCUT2D eigenvalue weighted by atomic mass is 32.1. The summed E-state index contributed by atoms with van der Waals surface area (Å²) in [5.41, 5.74) is 1.90. The summed E-state index contributed by atoms with van der Waals surface area (Å²) >= 11 is 1.42. The number of rotatable bonds is 3. The molecule has 0 radical (unpaired) electrons. The van der Waals surface area contributed by atoms with E-state index in [0.29, 0.717) is 16.5 Å². The second-order valence-corrected chi connectivity index (χ2v) is 8.74. The van der Waals surface area contributed by atoms with Crippen LogP contribution in [0.3, 0.4) is 0 Å². The Morgan fingerprint density at radius 3 is 2.48 bits per heavy atom. The maximum absolute atomic E-state index is 12.4. The van der Waals surface area contributed by atoms with Crippen molar-refractivity contribution in [3.05, 3.63) is 51.9 Å². The number of hydrogen-bond donors (Lipinski definition) is 2. The molecule has 0 fully saturated rings. The topological polar surface area (TPSA) is 66.4 Å². The van der Waals surface area contributed by atoms with Gasteiger partial charge in [0.05, 0.1) is 5.56 Å². The van der Waals surface area contributed by atoms with Gasteiger partial charge in [-0.05, 0) is 48.3 Å². The molecule has 1 unspecified atom stereocenters. The molecule has 0 saturated heterocycles. The average molecular weight is 357 g/mol. The van der Waals surface area contributed by atoms with Crippen LogP contribution in [0.4, 0.5) is 5.00 Å². The quantitative estimate of drug-likeness (QED) is 0.825. The first-order valence-electron chi connectivity index (χ1n) is 8.51. The third kappa shape index (κ3) is 3.61. The fourth-order valence-electron chi connectivity index (χ4n) is 3.40. The number of benzene rings is 1. The smallest absolute Gasteiger partial charge is 0.339 e. The van der Waals surface area contributed by atoms with Crippen molar-refractivity contribution in [2.24, 2.45) is 11.3 Å². The molecule has 2 aromatic rings. The molecule has 132 valence electrons. The van der Waals surface area contributed by atoms with E-state index in [-0.39, 0.29) is 16.9 Å². The zero-order chi connectivity index (χ0) is 18.2. The van der Waals surface area contributed by atoms with E-state index in [2.05, 4.69) is 26.1 Å². The van der Waals surface area contributed by atoms with Crippen LogP contribution < -0.4 is 5.32 Å². The van der Waals surface area contributed by atoms with Crippen LogP contribution in [-0.2, 0) is 12.8 Å². The molecular formula is C20H23NO3S. The lowest BCUT2D eigenvalue weighted by Gasteiger charge is -2.33. The predicted octanol–water partition coefficient (Wildman–Crippen LogP) is 4.85. The number of amides is 1. The number of fused-ring (bicyclic) bond motifs is 1. The molecule has 1 heterocycles. The first kappa shape index (κ1) is 17.7. The molecule has 0 spiro atoms. The summed E-state index contributed by atoms with van der Waals surface area (Å²) < 4.78 is 0. The van der Waals surface area contributed by atoms with Crippen LogP contribution >= 0.6 is 11.3 Å². The number of aromatic carboxylic acids is 1. The number of carboxylic acid groups (broad SMARTS) is 1. The van der Waals surface area contributed by atoms with Gasteiger partial charge in [-0.25, -0.2) is 4.79 Å². The molecule has 1 aliphatic carbocycles. The fraction of sp³-hybridized carbons (Fsp3) is 0.400. The second-order valence-electron chi connectivity index (χ2n) is 7.64. The third-order valence-electron chi connectivity index (χ3n) is 4.97. The molecule has 25 heavy (non-hydrogen) atoms. The molecular weight excluding hydrogens is 334 g/mol. The Balaban J connectivity index is 1.92. The number of anilines is 1. The van der Waals surface area contributed by atoms with Gasteiger partial charge in [0, 0.05) is 10.4 Å². The van der Waals surface area contributed by atoms with Gasteiger partial charge >= 0.3 is 5.97 Å². The van der Waals surface area contributed by atoms with E-state index >= 15 is 0 Å². The standard InChI is InChI=1S/C20H23NO3S/c1-20(2,3)13-9-10-14-15(11-13)25-18(16(14)19(23)24)21-17(22)12-7-5-4-6-8-12/h4-8,13H,9-11H2,1-3H3,(H,21,22)(H,23,24). The molecule has 3 rings (SSSR count). The van der Waals surface area contributed by atoms with Gasteiger partial charge in [-0.3, -0.25) is 4.79 Å². The Morgan fingerprint density at radius 2 is 1.88 bits per heavy atom. The van der Waals surface area contributed by atoms with E-state index in [9.17, 15) is 14.7 Å². The highest BCUT2D eigenvalue weighted by Crippen LogP contribution is 2.44. The first-order chi connectivity index (χ1) is 11.8. The average Bonchev–Trinajstić information content (AvgIpc) is 2.91. The predicted molar refractivity (Wildman–Crippen MR) is 101 cm³/mol. The van der Waals surface area contributed by atoms with E-state index in [1.165, 1.54) is 11.3 Å². The molecule has 0 aliphatic heterocycles. The van der Waals surface area contributed by atoms with Gasteiger partial charge in [0.2, 0.25) is 0 Å². The van der Waals surface area contributed by atoms with E-state index in [4.69, 9.17) is 0 Å². The van der Waals surface area contributed by atoms with Crippen LogP contribution in [0.5, 0.6) is 0 Å². The van der Waals surface area contributed by atoms with Crippen molar-refractivity contribution >= 4 is 28.2 Å². The Morgan fingerprint density at radius 1 is 1.20 bits per heavy atom. The van der Waals surface area contributed by atoms with Crippen LogP contribution in [0.2, 0.25) is 0 Å². The van der Waals surface area contributed by atoms with Crippen molar-refractivity contribution in [1.29, 1.82) is 0 Å². The molecule has 2 N–H and O–H groups in total. The van der Waals surface area contributed by atoms with Crippen molar-refractivity contribution in [3.63, 3.8) is 0 Å². The summed E-state index contributed by atoms with van der Waals surface area (Å²) in [4.78, 5) is 25.3. The maximum atomic E-state index is 12.4. The number of nitrogens with one attached hydrogen (secondary N) is 1. The Bertz CT molecular complexity index is 802. The first-order valence-corrected chi connectivity index (χ1v) is 9.33. The third-order valence-corrected chi connectivity index (χ3v) is 6.14. The zero-order valence-electron chi connectivity index (χ0n) is 14.8. The number of carbonyl (C=O) groups is 2. The summed E-state index contributed by atoms with van der Waals surface area (Å²) in [5.74, 6) is -0.706. The molecule has 5 heteroatoms. The summed E-state index contributed by atoms with van der Waals surface area (Å²) in [6.45, 7) is 6.69. The van der Waals surface area contributed by atoms with Crippen molar-refractivity contribution in [1.82, 2.24) is 0 Å². The van der Waals surface area contributed by atoms with Gasteiger partial charge < -0.3 is 10.4 Å². The summed E-state index contributed by atoms with van der Waals surface area (Å²) in [7, 11) is 0. The molecule has 0 bridgehead atoms.